The van der Waals surface area contributed by atoms with E-state index in [2.05, 4.69) is 45.7 Å². The molecule has 1 amide bonds. The summed E-state index contributed by atoms with van der Waals surface area (Å²) in [5.41, 5.74) is 5.30. The van der Waals surface area contributed by atoms with Gasteiger partial charge in [0.2, 0.25) is 0 Å². The quantitative estimate of drug-likeness (QED) is 0.482. The zero-order valence-corrected chi connectivity index (χ0v) is 16.5. The highest BCUT2D eigenvalue weighted by molar-refractivity contribution is 7.21. The van der Waals surface area contributed by atoms with Crippen LogP contribution in [0.3, 0.4) is 0 Å². The molecule has 4 aromatic rings. The minimum atomic E-state index is -0.0563. The first-order valence-electron chi connectivity index (χ1n) is 9.00. The largest absolute Gasteiger partial charge is 0.386 e. The molecule has 3 heterocycles. The van der Waals surface area contributed by atoms with Crippen LogP contribution >= 0.6 is 11.3 Å². The van der Waals surface area contributed by atoms with Crippen molar-refractivity contribution in [3.05, 3.63) is 58.2 Å². The number of para-hydroxylation sites is 1. The second kappa shape index (κ2) is 7.04. The molecule has 0 saturated carbocycles. The fourth-order valence-corrected chi connectivity index (χ4v) is 4.79. The summed E-state index contributed by atoms with van der Waals surface area (Å²) in [6, 6.07) is 10.3. The third-order valence-electron chi connectivity index (χ3n) is 4.80. The van der Waals surface area contributed by atoms with Crippen LogP contribution in [0.1, 0.15) is 26.5 Å². The zero-order chi connectivity index (χ0) is 19.0. The lowest BCUT2D eigenvalue weighted by Gasteiger charge is -2.07. The van der Waals surface area contributed by atoms with Crippen LogP contribution in [-0.4, -0.2) is 29.5 Å². The molecule has 1 aromatic carbocycles. The van der Waals surface area contributed by atoms with Gasteiger partial charge in [0.25, 0.3) is 5.91 Å². The van der Waals surface area contributed by atoms with E-state index in [-0.39, 0.29) is 5.91 Å². The summed E-state index contributed by atoms with van der Waals surface area (Å²) in [5, 5.41) is 8.50. The number of amides is 1. The first-order valence-corrected chi connectivity index (χ1v) is 9.82. The Labute approximate surface area is 161 Å². The average molecular weight is 379 g/mol. The van der Waals surface area contributed by atoms with Gasteiger partial charge < -0.3 is 15.6 Å². The Hall–Kier alpha value is -2.86. The number of carbonyl (C=O) groups excluding carboxylic acids is 1. The van der Waals surface area contributed by atoms with Crippen LogP contribution in [0.2, 0.25) is 0 Å². The van der Waals surface area contributed by atoms with Gasteiger partial charge in [0.15, 0.2) is 0 Å². The van der Waals surface area contributed by atoms with Crippen molar-refractivity contribution < 1.29 is 4.79 Å². The Morgan fingerprint density at radius 1 is 1.26 bits per heavy atom. The SMILES string of the molecule is CNc1c(C(=O)NCCc2c[nH]c3ccccc23)sc2nc(C)cc(C)c12. The summed E-state index contributed by atoms with van der Waals surface area (Å²) >= 11 is 1.44. The first-order chi connectivity index (χ1) is 13.1. The van der Waals surface area contributed by atoms with Crippen LogP contribution in [0.25, 0.3) is 21.1 Å². The molecule has 0 spiro atoms. The molecule has 0 bridgehead atoms. The molecule has 0 unspecified atom stereocenters. The fraction of sp³-hybridized carbons (Fsp3) is 0.238. The standard InChI is InChI=1S/C21H22N4OS/c1-12-10-13(2)25-21-17(12)18(22-3)19(27-21)20(26)23-9-8-14-11-24-16-7-5-4-6-15(14)16/h4-7,10-11,22,24H,8-9H2,1-3H3,(H,23,26). The first kappa shape index (κ1) is 17.5. The third-order valence-corrected chi connectivity index (χ3v) is 5.88. The molecule has 3 N–H and O–H groups in total. The number of H-pyrrole nitrogens is 1. The summed E-state index contributed by atoms with van der Waals surface area (Å²) in [7, 11) is 1.85. The lowest BCUT2D eigenvalue weighted by molar-refractivity contribution is 0.0959. The number of anilines is 1. The maximum Gasteiger partial charge on any atom is 0.263 e. The monoisotopic (exact) mass is 378 g/mol. The summed E-state index contributed by atoms with van der Waals surface area (Å²) < 4.78 is 0. The van der Waals surface area contributed by atoms with E-state index in [1.54, 1.807) is 0 Å². The summed E-state index contributed by atoms with van der Waals surface area (Å²) in [6.07, 6.45) is 2.80. The predicted octanol–water partition coefficient (Wildman–Crippen LogP) is 4.41. The molecule has 3 aromatic heterocycles. The molecule has 138 valence electrons. The van der Waals surface area contributed by atoms with Crippen molar-refractivity contribution in [1.29, 1.82) is 0 Å². The fourth-order valence-electron chi connectivity index (χ4n) is 3.57. The highest BCUT2D eigenvalue weighted by Crippen LogP contribution is 2.36. The number of nitrogens with zero attached hydrogens (tertiary/aromatic N) is 1. The van der Waals surface area contributed by atoms with Crippen molar-refractivity contribution in [3.63, 3.8) is 0 Å². The number of fused-ring (bicyclic) bond motifs is 2. The van der Waals surface area contributed by atoms with Crippen LogP contribution in [-0.2, 0) is 6.42 Å². The Morgan fingerprint density at radius 2 is 2.07 bits per heavy atom. The van der Waals surface area contributed by atoms with Crippen molar-refractivity contribution in [3.8, 4) is 0 Å². The molecule has 0 aliphatic heterocycles. The van der Waals surface area contributed by atoms with E-state index in [9.17, 15) is 4.79 Å². The lowest BCUT2D eigenvalue weighted by Crippen LogP contribution is -2.25. The molecule has 0 atom stereocenters. The molecule has 27 heavy (non-hydrogen) atoms. The topological polar surface area (TPSA) is 69.8 Å². The van der Waals surface area contributed by atoms with Gasteiger partial charge in [-0.2, -0.15) is 0 Å². The molecular formula is C21H22N4OS. The normalized spacial score (nSPS) is 11.2. The number of rotatable bonds is 5. The number of carbonyl (C=O) groups is 1. The molecule has 0 aliphatic carbocycles. The number of aryl methyl sites for hydroxylation is 2. The van der Waals surface area contributed by atoms with Gasteiger partial charge in [-0.25, -0.2) is 4.98 Å². The summed E-state index contributed by atoms with van der Waals surface area (Å²) in [6.45, 7) is 4.62. The highest BCUT2D eigenvalue weighted by Gasteiger charge is 2.20. The van der Waals surface area contributed by atoms with Crippen molar-refractivity contribution in [2.24, 2.45) is 0 Å². The smallest absolute Gasteiger partial charge is 0.263 e. The molecule has 0 radical (unpaired) electrons. The second-order valence-corrected chi connectivity index (χ2v) is 7.68. The third kappa shape index (κ3) is 3.17. The van der Waals surface area contributed by atoms with Gasteiger partial charge >= 0.3 is 0 Å². The van der Waals surface area contributed by atoms with Crippen molar-refractivity contribution >= 4 is 44.1 Å². The molecule has 4 rings (SSSR count). The van der Waals surface area contributed by atoms with Crippen LogP contribution < -0.4 is 10.6 Å². The van der Waals surface area contributed by atoms with Crippen LogP contribution in [0.15, 0.2) is 36.5 Å². The van der Waals surface area contributed by atoms with Crippen molar-refractivity contribution in [2.45, 2.75) is 20.3 Å². The molecule has 5 nitrogen and oxygen atoms in total. The number of nitrogens with one attached hydrogen (secondary N) is 3. The van der Waals surface area contributed by atoms with Gasteiger partial charge in [-0.1, -0.05) is 18.2 Å². The van der Waals surface area contributed by atoms with Gasteiger partial charge in [0.1, 0.15) is 9.71 Å². The maximum atomic E-state index is 12.8. The number of hydrogen-bond acceptors (Lipinski definition) is 4. The van der Waals surface area contributed by atoms with Crippen LogP contribution in [0.5, 0.6) is 0 Å². The Kier molecular flexibility index (Phi) is 4.58. The number of pyridine rings is 1. The van der Waals surface area contributed by atoms with Gasteiger partial charge in [-0.3, -0.25) is 4.79 Å². The summed E-state index contributed by atoms with van der Waals surface area (Å²) in [4.78, 5) is 22.3. The van der Waals surface area contributed by atoms with E-state index in [4.69, 9.17) is 0 Å². The highest BCUT2D eigenvalue weighted by atomic mass is 32.1. The second-order valence-electron chi connectivity index (χ2n) is 6.68. The number of aromatic amines is 1. The zero-order valence-electron chi connectivity index (χ0n) is 15.6. The molecular weight excluding hydrogens is 356 g/mol. The van der Waals surface area contributed by atoms with Crippen molar-refractivity contribution in [1.82, 2.24) is 15.3 Å². The van der Waals surface area contributed by atoms with E-state index in [0.29, 0.717) is 11.4 Å². The Balaban J connectivity index is 1.54. The van der Waals surface area contributed by atoms with E-state index in [1.165, 1.54) is 22.3 Å². The van der Waals surface area contributed by atoms with E-state index in [1.807, 2.05) is 32.3 Å². The predicted molar refractivity (Wildman–Crippen MR) is 113 cm³/mol. The minimum absolute atomic E-state index is 0.0563. The minimum Gasteiger partial charge on any atom is -0.386 e. The van der Waals surface area contributed by atoms with Gasteiger partial charge in [-0.15, -0.1) is 11.3 Å². The average Bonchev–Trinajstić information content (AvgIpc) is 3.23. The van der Waals surface area contributed by atoms with E-state index in [0.717, 1.165) is 39.1 Å². The molecule has 6 heteroatoms. The Bertz CT molecular complexity index is 1140. The van der Waals surface area contributed by atoms with Gasteiger partial charge in [0.05, 0.1) is 5.69 Å². The number of thiophene rings is 1. The van der Waals surface area contributed by atoms with Crippen molar-refractivity contribution in [2.75, 3.05) is 18.9 Å². The number of hydrogen-bond donors (Lipinski definition) is 3. The maximum absolute atomic E-state index is 12.8. The molecule has 0 fully saturated rings. The van der Waals surface area contributed by atoms with Gasteiger partial charge in [-0.05, 0) is 43.5 Å². The summed E-state index contributed by atoms with van der Waals surface area (Å²) in [5.74, 6) is -0.0563. The van der Waals surface area contributed by atoms with Crippen LogP contribution in [0, 0.1) is 13.8 Å². The number of aromatic nitrogens is 2. The Morgan fingerprint density at radius 3 is 2.89 bits per heavy atom. The van der Waals surface area contributed by atoms with Gasteiger partial charge in [0, 0.05) is 41.8 Å². The van der Waals surface area contributed by atoms with E-state index < -0.39 is 0 Å². The lowest BCUT2D eigenvalue weighted by atomic mass is 10.1. The van der Waals surface area contributed by atoms with E-state index >= 15 is 0 Å². The molecule has 0 aliphatic rings. The molecule has 0 saturated heterocycles. The van der Waals surface area contributed by atoms with Crippen LogP contribution in [0.4, 0.5) is 5.69 Å². The number of benzene rings is 1.